The summed E-state index contributed by atoms with van der Waals surface area (Å²) < 4.78 is 5.48. The molecule has 1 rings (SSSR count). The highest BCUT2D eigenvalue weighted by atomic mass is 16.5. The van der Waals surface area contributed by atoms with Crippen molar-refractivity contribution in [3.8, 4) is 0 Å². The van der Waals surface area contributed by atoms with Gasteiger partial charge in [-0.3, -0.25) is 0 Å². The fraction of sp³-hybridized carbons (Fsp3) is 1.00. The van der Waals surface area contributed by atoms with Gasteiger partial charge >= 0.3 is 0 Å². The summed E-state index contributed by atoms with van der Waals surface area (Å²) in [5.74, 6) is 0. The molecule has 2 nitrogen and oxygen atoms in total. The second-order valence-electron chi connectivity index (χ2n) is 4.20. The summed E-state index contributed by atoms with van der Waals surface area (Å²) in [5.41, 5.74) is 0.331. The summed E-state index contributed by atoms with van der Waals surface area (Å²) in [7, 11) is 3.81. The summed E-state index contributed by atoms with van der Waals surface area (Å²) in [6.07, 6.45) is 1.12. The first kappa shape index (κ1) is 9.01. The lowest BCUT2D eigenvalue weighted by Gasteiger charge is -2.59. The maximum atomic E-state index is 5.48. The van der Waals surface area contributed by atoms with Gasteiger partial charge in [0.1, 0.15) is 0 Å². The van der Waals surface area contributed by atoms with Crippen LogP contribution in [0.25, 0.3) is 0 Å². The van der Waals surface area contributed by atoms with E-state index in [0.29, 0.717) is 6.04 Å². The normalized spacial score (nSPS) is 41.7. The van der Waals surface area contributed by atoms with Crippen LogP contribution in [0.4, 0.5) is 0 Å². The van der Waals surface area contributed by atoms with Crippen molar-refractivity contribution in [3.63, 3.8) is 0 Å². The Bertz CT molecular complexity index is 156. The molecule has 1 aliphatic carbocycles. The number of rotatable bonds is 2. The molecule has 0 aromatic heterocycles. The molecule has 2 heteroatoms. The van der Waals surface area contributed by atoms with Gasteiger partial charge in [0, 0.05) is 18.6 Å². The van der Waals surface area contributed by atoms with Crippen molar-refractivity contribution in [2.45, 2.75) is 38.8 Å². The molecule has 0 aromatic carbocycles. The van der Waals surface area contributed by atoms with E-state index in [9.17, 15) is 0 Å². The van der Waals surface area contributed by atoms with E-state index < -0.39 is 0 Å². The van der Waals surface area contributed by atoms with E-state index in [-0.39, 0.29) is 11.0 Å². The van der Waals surface area contributed by atoms with Gasteiger partial charge in [0.2, 0.25) is 0 Å². The van der Waals surface area contributed by atoms with Crippen molar-refractivity contribution in [2.24, 2.45) is 5.41 Å². The number of hydrogen-bond donors (Lipinski definition) is 1. The predicted molar refractivity (Wildman–Crippen MR) is 46.7 cm³/mol. The molecule has 0 spiro atoms. The molecule has 1 fully saturated rings. The Morgan fingerprint density at radius 3 is 2.18 bits per heavy atom. The summed E-state index contributed by atoms with van der Waals surface area (Å²) in [6, 6.07) is 0.604. The lowest BCUT2D eigenvalue weighted by Crippen LogP contribution is -2.67. The lowest BCUT2D eigenvalue weighted by atomic mass is 9.56. The molecule has 0 unspecified atom stereocenters. The zero-order chi connectivity index (χ0) is 8.70. The number of hydrogen-bond acceptors (Lipinski definition) is 2. The Kier molecular flexibility index (Phi) is 2.01. The molecule has 0 aliphatic heterocycles. The molecule has 1 N–H and O–H groups in total. The van der Waals surface area contributed by atoms with E-state index >= 15 is 0 Å². The Morgan fingerprint density at radius 1 is 1.36 bits per heavy atom. The maximum Gasteiger partial charge on any atom is 0.0731 e. The third-order valence-corrected chi connectivity index (χ3v) is 3.63. The van der Waals surface area contributed by atoms with Crippen molar-refractivity contribution in [3.05, 3.63) is 0 Å². The van der Waals surface area contributed by atoms with Gasteiger partial charge in [-0.2, -0.15) is 0 Å². The predicted octanol–water partition coefficient (Wildman–Crippen LogP) is 1.41. The quantitative estimate of drug-likeness (QED) is 0.654. The van der Waals surface area contributed by atoms with E-state index in [2.05, 4.69) is 26.1 Å². The minimum atomic E-state index is 0.0701. The fourth-order valence-electron chi connectivity index (χ4n) is 1.95. The van der Waals surface area contributed by atoms with Gasteiger partial charge in [-0.25, -0.2) is 0 Å². The van der Waals surface area contributed by atoms with Crippen LogP contribution in [-0.2, 0) is 4.74 Å². The van der Waals surface area contributed by atoms with E-state index in [4.69, 9.17) is 4.74 Å². The monoisotopic (exact) mass is 157 g/mol. The van der Waals surface area contributed by atoms with E-state index in [1.54, 1.807) is 7.11 Å². The first-order valence-electron chi connectivity index (χ1n) is 4.20. The van der Waals surface area contributed by atoms with Crippen LogP contribution in [0.3, 0.4) is 0 Å². The first-order chi connectivity index (χ1) is 4.98. The molecule has 0 heterocycles. The average Bonchev–Trinajstić information content (AvgIpc) is 1.99. The minimum Gasteiger partial charge on any atom is -0.378 e. The molecule has 1 saturated carbocycles. The Labute approximate surface area is 69.3 Å². The van der Waals surface area contributed by atoms with Gasteiger partial charge in [-0.15, -0.1) is 0 Å². The standard InChI is InChI=1S/C9H19NO/c1-8(2)7(10-4)6-9(8,3)11-5/h7,10H,6H2,1-5H3/t7-,9+/m1/s1. The van der Waals surface area contributed by atoms with Crippen molar-refractivity contribution in [1.82, 2.24) is 5.32 Å². The van der Waals surface area contributed by atoms with Gasteiger partial charge in [0.15, 0.2) is 0 Å². The van der Waals surface area contributed by atoms with Gasteiger partial charge in [-0.05, 0) is 20.4 Å². The molecule has 0 aromatic rings. The van der Waals surface area contributed by atoms with Gasteiger partial charge in [0.25, 0.3) is 0 Å². The molecule has 1 aliphatic rings. The van der Waals surface area contributed by atoms with Gasteiger partial charge < -0.3 is 10.1 Å². The molecule has 2 atom stereocenters. The van der Waals surface area contributed by atoms with Crippen molar-refractivity contribution in [1.29, 1.82) is 0 Å². The van der Waals surface area contributed by atoms with Crippen molar-refractivity contribution >= 4 is 0 Å². The molecule has 11 heavy (non-hydrogen) atoms. The van der Waals surface area contributed by atoms with Crippen molar-refractivity contribution in [2.75, 3.05) is 14.2 Å². The SMILES string of the molecule is CN[C@@H]1C[C@](C)(OC)C1(C)C. The summed E-state index contributed by atoms with van der Waals surface area (Å²) in [4.78, 5) is 0. The molecule has 0 radical (unpaired) electrons. The van der Waals surface area contributed by atoms with Crippen LogP contribution in [0, 0.1) is 5.41 Å². The second-order valence-corrected chi connectivity index (χ2v) is 4.20. The van der Waals surface area contributed by atoms with E-state index in [1.165, 1.54) is 0 Å². The van der Waals surface area contributed by atoms with Gasteiger partial charge in [-0.1, -0.05) is 13.8 Å². The molecule has 0 bridgehead atoms. The Morgan fingerprint density at radius 2 is 1.91 bits per heavy atom. The fourth-order valence-corrected chi connectivity index (χ4v) is 1.95. The first-order valence-corrected chi connectivity index (χ1v) is 4.20. The minimum absolute atomic E-state index is 0.0701. The zero-order valence-electron chi connectivity index (χ0n) is 8.19. The van der Waals surface area contributed by atoms with Crippen molar-refractivity contribution < 1.29 is 4.74 Å². The van der Waals surface area contributed by atoms with E-state index in [1.807, 2.05) is 7.05 Å². The lowest BCUT2D eigenvalue weighted by molar-refractivity contribution is -0.179. The molecular formula is C9H19NO. The zero-order valence-corrected chi connectivity index (χ0v) is 8.19. The third-order valence-electron chi connectivity index (χ3n) is 3.63. The van der Waals surface area contributed by atoms with Gasteiger partial charge in [0.05, 0.1) is 5.60 Å². The van der Waals surface area contributed by atoms with Crippen LogP contribution in [0.2, 0.25) is 0 Å². The number of nitrogens with one attached hydrogen (secondary N) is 1. The number of ether oxygens (including phenoxy) is 1. The molecule has 66 valence electrons. The molecule has 0 saturated heterocycles. The topological polar surface area (TPSA) is 21.3 Å². The van der Waals surface area contributed by atoms with Crippen LogP contribution in [0.5, 0.6) is 0 Å². The Hall–Kier alpha value is -0.0800. The number of methoxy groups -OCH3 is 1. The highest BCUT2D eigenvalue weighted by Gasteiger charge is 2.56. The third kappa shape index (κ3) is 1.00. The second kappa shape index (κ2) is 2.46. The maximum absolute atomic E-state index is 5.48. The Balaban J connectivity index is 2.67. The summed E-state index contributed by atoms with van der Waals surface area (Å²) in [5, 5.41) is 3.30. The van der Waals surface area contributed by atoms with Crippen LogP contribution < -0.4 is 5.32 Å². The summed E-state index contributed by atoms with van der Waals surface area (Å²) in [6.45, 7) is 6.68. The van der Waals surface area contributed by atoms with Crippen LogP contribution in [0.1, 0.15) is 27.2 Å². The van der Waals surface area contributed by atoms with E-state index in [0.717, 1.165) is 6.42 Å². The average molecular weight is 157 g/mol. The molecular weight excluding hydrogens is 138 g/mol. The highest BCUT2D eigenvalue weighted by molar-refractivity contribution is 5.10. The van der Waals surface area contributed by atoms with Crippen LogP contribution in [0.15, 0.2) is 0 Å². The highest BCUT2D eigenvalue weighted by Crippen LogP contribution is 2.51. The summed E-state index contributed by atoms with van der Waals surface area (Å²) >= 11 is 0. The van der Waals surface area contributed by atoms with Crippen LogP contribution in [-0.4, -0.2) is 25.8 Å². The molecule has 0 amide bonds. The smallest absolute Gasteiger partial charge is 0.0731 e. The van der Waals surface area contributed by atoms with Crippen LogP contribution >= 0.6 is 0 Å². The largest absolute Gasteiger partial charge is 0.378 e.